The van der Waals surface area contributed by atoms with E-state index in [1.54, 1.807) is 0 Å². The summed E-state index contributed by atoms with van der Waals surface area (Å²) in [4.78, 5) is 12.2. The van der Waals surface area contributed by atoms with Gasteiger partial charge in [-0.2, -0.15) is 0 Å². The van der Waals surface area contributed by atoms with E-state index in [1.165, 1.54) is 16.8 Å². The molecule has 0 unspecified atom stereocenters. The number of likely N-dealkylation sites (tertiary alicyclic amines) is 1. The van der Waals surface area contributed by atoms with Crippen LogP contribution in [0.5, 0.6) is 0 Å². The minimum Gasteiger partial charge on any atom is -0.393 e. The largest absolute Gasteiger partial charge is 0.393 e. The molecule has 1 aromatic rings. The van der Waals surface area contributed by atoms with E-state index in [0.717, 1.165) is 77.7 Å². The monoisotopic (exact) mass is 387 g/mol. The summed E-state index contributed by atoms with van der Waals surface area (Å²) in [5, 5.41) is 13.1. The fourth-order valence-electron chi connectivity index (χ4n) is 4.09. The molecule has 2 fully saturated rings. The Morgan fingerprint density at radius 2 is 1.82 bits per heavy atom. The highest BCUT2D eigenvalue weighted by Crippen LogP contribution is 2.23. The van der Waals surface area contributed by atoms with E-state index in [2.05, 4.69) is 59.0 Å². The van der Waals surface area contributed by atoms with Crippen LogP contribution in [0.25, 0.3) is 0 Å². The van der Waals surface area contributed by atoms with Gasteiger partial charge in [0.05, 0.1) is 12.6 Å². The van der Waals surface area contributed by atoms with Crippen LogP contribution in [-0.2, 0) is 0 Å². The fraction of sp³-hybridized carbons (Fsp3) is 0.682. The Hall–Kier alpha value is -1.79. The molecule has 2 saturated heterocycles. The first-order valence-corrected chi connectivity index (χ1v) is 10.8. The van der Waals surface area contributed by atoms with Crippen molar-refractivity contribution in [1.82, 2.24) is 15.1 Å². The molecule has 0 spiro atoms. The maximum absolute atomic E-state index is 9.72. The number of guanidine groups is 1. The van der Waals surface area contributed by atoms with Gasteiger partial charge in [0.1, 0.15) is 0 Å². The quantitative estimate of drug-likeness (QED) is 0.597. The molecule has 28 heavy (non-hydrogen) atoms. The van der Waals surface area contributed by atoms with Gasteiger partial charge in [-0.15, -0.1) is 0 Å². The number of hydrogen-bond acceptors (Lipinski definition) is 4. The van der Waals surface area contributed by atoms with Crippen molar-refractivity contribution in [1.29, 1.82) is 0 Å². The van der Waals surface area contributed by atoms with Gasteiger partial charge in [-0.05, 0) is 50.8 Å². The lowest BCUT2D eigenvalue weighted by Gasteiger charge is -2.37. The molecule has 0 saturated carbocycles. The SMILES string of the molecule is CCNC(=NCCN1CCN(c2cccc(C)c2C)CC1)N1CCC(O)CC1. The van der Waals surface area contributed by atoms with Crippen LogP contribution in [0.3, 0.4) is 0 Å². The van der Waals surface area contributed by atoms with Crippen molar-refractivity contribution in [2.45, 2.75) is 39.7 Å². The molecular formula is C22H37N5O. The number of rotatable bonds is 5. The normalized spacial score (nSPS) is 19.9. The van der Waals surface area contributed by atoms with Crippen LogP contribution in [0.2, 0.25) is 0 Å². The first-order chi connectivity index (χ1) is 13.6. The Bertz CT molecular complexity index is 646. The molecule has 2 aliphatic rings. The van der Waals surface area contributed by atoms with Gasteiger partial charge in [0.2, 0.25) is 0 Å². The molecule has 0 bridgehead atoms. The van der Waals surface area contributed by atoms with E-state index >= 15 is 0 Å². The second-order valence-corrected chi connectivity index (χ2v) is 8.00. The maximum atomic E-state index is 9.72. The predicted molar refractivity (Wildman–Crippen MR) is 117 cm³/mol. The number of benzene rings is 1. The Morgan fingerprint density at radius 1 is 1.11 bits per heavy atom. The van der Waals surface area contributed by atoms with E-state index in [-0.39, 0.29) is 6.10 Å². The molecule has 6 heteroatoms. The maximum Gasteiger partial charge on any atom is 0.193 e. The van der Waals surface area contributed by atoms with Crippen molar-refractivity contribution in [2.75, 3.05) is 63.8 Å². The zero-order chi connectivity index (χ0) is 19.9. The summed E-state index contributed by atoms with van der Waals surface area (Å²) in [6.07, 6.45) is 1.53. The Balaban J connectivity index is 1.47. The van der Waals surface area contributed by atoms with Gasteiger partial charge in [0.15, 0.2) is 5.96 Å². The van der Waals surface area contributed by atoms with Crippen LogP contribution in [0.15, 0.2) is 23.2 Å². The summed E-state index contributed by atoms with van der Waals surface area (Å²) >= 11 is 0. The molecule has 0 radical (unpaired) electrons. The fourth-order valence-corrected chi connectivity index (χ4v) is 4.09. The zero-order valence-electron chi connectivity index (χ0n) is 17.8. The van der Waals surface area contributed by atoms with E-state index in [1.807, 2.05) is 0 Å². The Labute approximate surface area is 170 Å². The molecule has 0 aromatic heterocycles. The molecule has 1 aromatic carbocycles. The summed E-state index contributed by atoms with van der Waals surface area (Å²) in [7, 11) is 0. The number of aliphatic hydroxyl groups is 1. The second-order valence-electron chi connectivity index (χ2n) is 8.00. The molecular weight excluding hydrogens is 350 g/mol. The third kappa shape index (κ3) is 5.39. The van der Waals surface area contributed by atoms with Gasteiger partial charge in [0.25, 0.3) is 0 Å². The topological polar surface area (TPSA) is 54.3 Å². The van der Waals surface area contributed by atoms with Gasteiger partial charge in [-0.1, -0.05) is 12.1 Å². The van der Waals surface area contributed by atoms with Crippen LogP contribution >= 0.6 is 0 Å². The third-order valence-electron chi connectivity index (χ3n) is 6.07. The number of piperidine rings is 1. The minimum atomic E-state index is -0.146. The van der Waals surface area contributed by atoms with E-state index in [9.17, 15) is 5.11 Å². The van der Waals surface area contributed by atoms with Crippen LogP contribution < -0.4 is 10.2 Å². The lowest BCUT2D eigenvalue weighted by atomic mass is 10.1. The number of aryl methyl sites for hydroxylation is 1. The molecule has 0 aliphatic carbocycles. The molecule has 3 rings (SSSR count). The lowest BCUT2D eigenvalue weighted by molar-refractivity contribution is 0.108. The number of aliphatic imine (C=N–C) groups is 1. The molecule has 2 aliphatic heterocycles. The standard InChI is InChI=1S/C22H37N5O/c1-4-23-22(27-11-8-20(28)9-12-27)24-10-13-25-14-16-26(17-15-25)21-7-5-6-18(2)19(21)3/h5-7,20,28H,4,8-17H2,1-3H3,(H,23,24). The van der Waals surface area contributed by atoms with E-state index in [4.69, 9.17) is 4.99 Å². The molecule has 0 amide bonds. The molecule has 2 N–H and O–H groups in total. The third-order valence-corrected chi connectivity index (χ3v) is 6.07. The number of piperazine rings is 1. The number of aliphatic hydroxyl groups excluding tert-OH is 1. The second kappa shape index (κ2) is 10.1. The van der Waals surface area contributed by atoms with Gasteiger partial charge >= 0.3 is 0 Å². The highest BCUT2D eigenvalue weighted by molar-refractivity contribution is 5.80. The van der Waals surface area contributed by atoms with Crippen LogP contribution in [0.1, 0.15) is 30.9 Å². The average Bonchev–Trinajstić information content (AvgIpc) is 2.71. The van der Waals surface area contributed by atoms with E-state index in [0.29, 0.717) is 0 Å². The zero-order valence-corrected chi connectivity index (χ0v) is 17.8. The number of nitrogens with zero attached hydrogens (tertiary/aromatic N) is 4. The van der Waals surface area contributed by atoms with Crippen molar-refractivity contribution in [3.63, 3.8) is 0 Å². The highest BCUT2D eigenvalue weighted by Gasteiger charge is 2.21. The summed E-state index contributed by atoms with van der Waals surface area (Å²) in [5.74, 6) is 1.00. The summed E-state index contributed by atoms with van der Waals surface area (Å²) in [6.45, 7) is 15.4. The Kier molecular flexibility index (Phi) is 7.57. The number of hydrogen-bond donors (Lipinski definition) is 2. The van der Waals surface area contributed by atoms with Crippen LogP contribution in [0, 0.1) is 13.8 Å². The van der Waals surface area contributed by atoms with Gasteiger partial charge in [0, 0.05) is 58.0 Å². The predicted octanol–water partition coefficient (Wildman–Crippen LogP) is 1.85. The smallest absolute Gasteiger partial charge is 0.193 e. The van der Waals surface area contributed by atoms with Crippen molar-refractivity contribution < 1.29 is 5.11 Å². The minimum absolute atomic E-state index is 0.146. The molecule has 156 valence electrons. The first-order valence-electron chi connectivity index (χ1n) is 10.8. The van der Waals surface area contributed by atoms with Crippen molar-refractivity contribution in [3.8, 4) is 0 Å². The highest BCUT2D eigenvalue weighted by atomic mass is 16.3. The van der Waals surface area contributed by atoms with Gasteiger partial charge < -0.3 is 20.2 Å². The average molecular weight is 388 g/mol. The summed E-state index contributed by atoms with van der Waals surface area (Å²) in [5.41, 5.74) is 4.16. The lowest BCUT2D eigenvalue weighted by Crippen LogP contribution is -2.48. The molecule has 0 atom stereocenters. The Morgan fingerprint density at radius 3 is 2.50 bits per heavy atom. The first kappa shape index (κ1) is 20.9. The van der Waals surface area contributed by atoms with Gasteiger partial charge in [-0.3, -0.25) is 9.89 Å². The van der Waals surface area contributed by atoms with Crippen LogP contribution in [0.4, 0.5) is 5.69 Å². The molecule has 6 nitrogen and oxygen atoms in total. The summed E-state index contributed by atoms with van der Waals surface area (Å²) in [6, 6.07) is 6.61. The summed E-state index contributed by atoms with van der Waals surface area (Å²) < 4.78 is 0. The van der Waals surface area contributed by atoms with Crippen molar-refractivity contribution in [2.24, 2.45) is 4.99 Å². The van der Waals surface area contributed by atoms with Crippen molar-refractivity contribution in [3.05, 3.63) is 29.3 Å². The number of nitrogens with one attached hydrogen (secondary N) is 1. The van der Waals surface area contributed by atoms with Crippen LogP contribution in [-0.4, -0.2) is 85.9 Å². The van der Waals surface area contributed by atoms with E-state index < -0.39 is 0 Å². The van der Waals surface area contributed by atoms with Crippen molar-refractivity contribution >= 4 is 11.6 Å². The number of anilines is 1. The van der Waals surface area contributed by atoms with Gasteiger partial charge in [-0.25, -0.2) is 0 Å². The molecule has 2 heterocycles.